The minimum atomic E-state index is -0.582. The second kappa shape index (κ2) is 4.66. The summed E-state index contributed by atoms with van der Waals surface area (Å²) in [6.45, 7) is 8.41. The highest BCUT2D eigenvalue weighted by Gasteiger charge is 2.28. The van der Waals surface area contributed by atoms with E-state index < -0.39 is 5.41 Å². The number of nitrogens with zero attached hydrogens (tertiary/aromatic N) is 2. The molecule has 0 atom stereocenters. The number of benzene rings is 1. The summed E-state index contributed by atoms with van der Waals surface area (Å²) in [7, 11) is 0. The normalized spacial score (nSPS) is 11.8. The van der Waals surface area contributed by atoms with Gasteiger partial charge in [-0.25, -0.2) is 10.8 Å². The SMILES string of the molecule is Cc1cc2ncn(CC(C)(C)C(=O)NN)c2cc1C. The molecule has 2 rings (SSSR count). The monoisotopic (exact) mass is 260 g/mol. The molecule has 1 heterocycles. The molecule has 0 spiro atoms. The molecule has 1 aromatic carbocycles. The first-order valence-electron chi connectivity index (χ1n) is 6.28. The minimum Gasteiger partial charge on any atom is -0.330 e. The summed E-state index contributed by atoms with van der Waals surface area (Å²) < 4.78 is 2.00. The number of imidazole rings is 1. The molecular formula is C14H20N4O. The Morgan fingerprint density at radius 1 is 1.37 bits per heavy atom. The lowest BCUT2D eigenvalue weighted by molar-refractivity contribution is -0.130. The summed E-state index contributed by atoms with van der Waals surface area (Å²) in [5.74, 6) is 5.04. The molecule has 0 aliphatic rings. The zero-order valence-corrected chi connectivity index (χ0v) is 11.8. The van der Waals surface area contributed by atoms with Crippen molar-refractivity contribution in [1.82, 2.24) is 15.0 Å². The van der Waals surface area contributed by atoms with E-state index in [1.165, 1.54) is 11.1 Å². The molecule has 1 aromatic heterocycles. The fourth-order valence-corrected chi connectivity index (χ4v) is 2.13. The number of carbonyl (C=O) groups is 1. The molecule has 0 saturated heterocycles. The number of amides is 1. The van der Waals surface area contributed by atoms with Gasteiger partial charge in [-0.3, -0.25) is 10.2 Å². The van der Waals surface area contributed by atoms with Gasteiger partial charge < -0.3 is 4.57 Å². The van der Waals surface area contributed by atoms with Crippen LogP contribution in [0.25, 0.3) is 11.0 Å². The molecule has 0 radical (unpaired) electrons. The third kappa shape index (κ3) is 2.46. The smallest absolute Gasteiger partial charge is 0.241 e. The number of aryl methyl sites for hydroxylation is 2. The van der Waals surface area contributed by atoms with Gasteiger partial charge in [0.25, 0.3) is 0 Å². The Morgan fingerprint density at radius 2 is 2.00 bits per heavy atom. The van der Waals surface area contributed by atoms with E-state index in [0.717, 1.165) is 11.0 Å². The first-order valence-corrected chi connectivity index (χ1v) is 6.28. The minimum absolute atomic E-state index is 0.182. The van der Waals surface area contributed by atoms with Crippen molar-refractivity contribution in [3.8, 4) is 0 Å². The van der Waals surface area contributed by atoms with E-state index in [4.69, 9.17) is 5.84 Å². The number of aromatic nitrogens is 2. The van der Waals surface area contributed by atoms with Crippen LogP contribution in [0.1, 0.15) is 25.0 Å². The fraction of sp³-hybridized carbons (Fsp3) is 0.429. The molecule has 1 amide bonds. The number of carbonyl (C=O) groups excluding carboxylic acids is 1. The summed E-state index contributed by atoms with van der Waals surface area (Å²) in [5.41, 5.74) is 6.06. The van der Waals surface area contributed by atoms with Gasteiger partial charge in [-0.05, 0) is 51.0 Å². The lowest BCUT2D eigenvalue weighted by atomic mass is 9.92. The van der Waals surface area contributed by atoms with Gasteiger partial charge in [0.2, 0.25) is 5.91 Å². The summed E-state index contributed by atoms with van der Waals surface area (Å²) in [6, 6.07) is 4.17. The summed E-state index contributed by atoms with van der Waals surface area (Å²) in [4.78, 5) is 16.1. The summed E-state index contributed by atoms with van der Waals surface area (Å²) in [5, 5.41) is 0. The Morgan fingerprint density at radius 3 is 2.63 bits per heavy atom. The van der Waals surface area contributed by atoms with Crippen LogP contribution in [0, 0.1) is 19.3 Å². The standard InChI is InChI=1S/C14H20N4O/c1-9-5-11-12(6-10(9)2)18(8-16-11)7-14(3,4)13(19)17-15/h5-6,8H,7,15H2,1-4H3,(H,17,19). The van der Waals surface area contributed by atoms with Gasteiger partial charge in [0.15, 0.2) is 0 Å². The number of rotatable bonds is 3. The van der Waals surface area contributed by atoms with Crippen molar-refractivity contribution in [3.63, 3.8) is 0 Å². The maximum atomic E-state index is 11.7. The molecule has 0 saturated carbocycles. The first-order chi connectivity index (χ1) is 8.85. The van der Waals surface area contributed by atoms with Crippen LogP contribution in [-0.2, 0) is 11.3 Å². The highest BCUT2D eigenvalue weighted by molar-refractivity contribution is 5.82. The maximum absolute atomic E-state index is 11.7. The van der Waals surface area contributed by atoms with Gasteiger partial charge in [-0.2, -0.15) is 0 Å². The van der Waals surface area contributed by atoms with Crippen molar-refractivity contribution in [2.45, 2.75) is 34.2 Å². The number of hydrazine groups is 1. The van der Waals surface area contributed by atoms with Crippen LogP contribution in [0.15, 0.2) is 18.5 Å². The second-order valence-corrected chi connectivity index (χ2v) is 5.65. The molecule has 102 valence electrons. The second-order valence-electron chi connectivity index (χ2n) is 5.65. The Kier molecular flexibility index (Phi) is 3.32. The van der Waals surface area contributed by atoms with Crippen LogP contribution < -0.4 is 11.3 Å². The number of nitrogens with two attached hydrogens (primary N) is 1. The Hall–Kier alpha value is -1.88. The predicted octanol–water partition coefficient (Wildman–Crippen LogP) is 1.67. The summed E-state index contributed by atoms with van der Waals surface area (Å²) >= 11 is 0. The fourth-order valence-electron chi connectivity index (χ4n) is 2.13. The van der Waals surface area contributed by atoms with Crippen molar-refractivity contribution in [1.29, 1.82) is 0 Å². The lowest BCUT2D eigenvalue weighted by Gasteiger charge is -2.23. The molecule has 0 fully saturated rings. The zero-order chi connectivity index (χ0) is 14.2. The van der Waals surface area contributed by atoms with E-state index in [1.54, 1.807) is 6.33 Å². The number of hydrogen-bond donors (Lipinski definition) is 2. The van der Waals surface area contributed by atoms with Crippen LogP contribution in [-0.4, -0.2) is 15.5 Å². The number of fused-ring (bicyclic) bond motifs is 1. The Balaban J connectivity index is 2.42. The first kappa shape index (κ1) is 13.5. The molecule has 0 aliphatic carbocycles. The topological polar surface area (TPSA) is 72.9 Å². The lowest BCUT2D eigenvalue weighted by Crippen LogP contribution is -2.43. The molecule has 0 bridgehead atoms. The molecule has 0 aliphatic heterocycles. The highest BCUT2D eigenvalue weighted by Crippen LogP contribution is 2.23. The third-order valence-corrected chi connectivity index (χ3v) is 3.55. The predicted molar refractivity (Wildman–Crippen MR) is 75.3 cm³/mol. The molecule has 3 N–H and O–H groups in total. The zero-order valence-electron chi connectivity index (χ0n) is 11.8. The van der Waals surface area contributed by atoms with E-state index in [9.17, 15) is 4.79 Å². The van der Waals surface area contributed by atoms with Crippen LogP contribution in [0.3, 0.4) is 0 Å². The highest BCUT2D eigenvalue weighted by atomic mass is 16.2. The van der Waals surface area contributed by atoms with E-state index in [-0.39, 0.29) is 5.91 Å². The average molecular weight is 260 g/mol. The quantitative estimate of drug-likeness (QED) is 0.501. The maximum Gasteiger partial charge on any atom is 0.241 e. The van der Waals surface area contributed by atoms with Gasteiger partial charge in [-0.1, -0.05) is 0 Å². The Labute approximate surface area is 112 Å². The number of hydrogen-bond acceptors (Lipinski definition) is 3. The van der Waals surface area contributed by atoms with Crippen molar-refractivity contribution < 1.29 is 4.79 Å². The van der Waals surface area contributed by atoms with E-state index in [2.05, 4.69) is 36.4 Å². The van der Waals surface area contributed by atoms with Crippen LogP contribution in [0.4, 0.5) is 0 Å². The van der Waals surface area contributed by atoms with Gasteiger partial charge in [-0.15, -0.1) is 0 Å². The Bertz CT molecular complexity index is 628. The van der Waals surface area contributed by atoms with Gasteiger partial charge >= 0.3 is 0 Å². The van der Waals surface area contributed by atoms with Crippen molar-refractivity contribution in [2.24, 2.45) is 11.3 Å². The van der Waals surface area contributed by atoms with Gasteiger partial charge in [0.1, 0.15) is 0 Å². The third-order valence-electron chi connectivity index (χ3n) is 3.55. The van der Waals surface area contributed by atoms with Crippen molar-refractivity contribution in [3.05, 3.63) is 29.6 Å². The molecule has 0 unspecified atom stereocenters. The van der Waals surface area contributed by atoms with Crippen molar-refractivity contribution in [2.75, 3.05) is 0 Å². The average Bonchev–Trinajstić information content (AvgIpc) is 2.71. The summed E-state index contributed by atoms with van der Waals surface area (Å²) in [6.07, 6.45) is 1.77. The van der Waals surface area contributed by atoms with Crippen LogP contribution >= 0.6 is 0 Å². The van der Waals surface area contributed by atoms with Crippen LogP contribution in [0.2, 0.25) is 0 Å². The van der Waals surface area contributed by atoms with E-state index in [0.29, 0.717) is 6.54 Å². The van der Waals surface area contributed by atoms with Gasteiger partial charge in [0.05, 0.1) is 22.8 Å². The van der Waals surface area contributed by atoms with E-state index in [1.807, 2.05) is 18.4 Å². The number of nitrogens with one attached hydrogen (secondary N) is 1. The van der Waals surface area contributed by atoms with Gasteiger partial charge in [0, 0.05) is 6.54 Å². The molecular weight excluding hydrogens is 240 g/mol. The molecule has 19 heavy (non-hydrogen) atoms. The van der Waals surface area contributed by atoms with Crippen molar-refractivity contribution >= 4 is 16.9 Å². The molecule has 5 heteroatoms. The van der Waals surface area contributed by atoms with Crippen LogP contribution in [0.5, 0.6) is 0 Å². The molecule has 2 aromatic rings. The largest absolute Gasteiger partial charge is 0.330 e. The van der Waals surface area contributed by atoms with E-state index >= 15 is 0 Å². The molecule has 5 nitrogen and oxygen atoms in total.